The zero-order valence-electron chi connectivity index (χ0n) is 14.0. The molecule has 0 aromatic rings. The van der Waals surface area contributed by atoms with Crippen molar-refractivity contribution < 1.29 is 14.4 Å². The van der Waals surface area contributed by atoms with Crippen molar-refractivity contribution in [3.8, 4) is 0 Å². The number of carbonyl (C=O) groups is 3. The highest BCUT2D eigenvalue weighted by Crippen LogP contribution is 2.35. The summed E-state index contributed by atoms with van der Waals surface area (Å²) in [6.45, 7) is 1.39. The molecule has 0 radical (unpaired) electrons. The molecule has 6 heteroatoms. The number of likely N-dealkylation sites (N-methyl/N-ethyl adjacent to an activating group) is 1. The van der Waals surface area contributed by atoms with Crippen molar-refractivity contribution in [3.63, 3.8) is 0 Å². The van der Waals surface area contributed by atoms with Crippen LogP contribution in [0.2, 0.25) is 0 Å². The first-order valence-corrected chi connectivity index (χ1v) is 8.93. The lowest BCUT2D eigenvalue weighted by Crippen LogP contribution is -2.49. The number of piperidine rings is 1. The van der Waals surface area contributed by atoms with Crippen LogP contribution in [0.1, 0.15) is 51.4 Å². The summed E-state index contributed by atoms with van der Waals surface area (Å²) in [5.41, 5.74) is 0. The van der Waals surface area contributed by atoms with Gasteiger partial charge in [-0.05, 0) is 38.0 Å². The maximum absolute atomic E-state index is 12.6. The topological polar surface area (TPSA) is 60.9 Å². The fourth-order valence-corrected chi connectivity index (χ4v) is 4.36. The molecular formula is C17H27N3O3. The van der Waals surface area contributed by atoms with Gasteiger partial charge in [-0.15, -0.1) is 0 Å². The number of nitrogens with zero attached hydrogens (tertiary/aromatic N) is 3. The highest BCUT2D eigenvalue weighted by molar-refractivity contribution is 6.01. The highest BCUT2D eigenvalue weighted by Gasteiger charge is 2.36. The van der Waals surface area contributed by atoms with E-state index in [0.717, 1.165) is 19.4 Å². The van der Waals surface area contributed by atoms with Crippen molar-refractivity contribution in [2.75, 3.05) is 26.7 Å². The smallest absolute Gasteiger partial charge is 0.326 e. The SMILES string of the molecule is CN1CC(=O)N(CCCC(=O)N2CCCC3CCCCC32)C1=O. The summed E-state index contributed by atoms with van der Waals surface area (Å²) in [4.78, 5) is 40.9. The minimum Gasteiger partial charge on any atom is -0.339 e. The summed E-state index contributed by atoms with van der Waals surface area (Å²) < 4.78 is 0. The monoisotopic (exact) mass is 321 g/mol. The van der Waals surface area contributed by atoms with E-state index in [9.17, 15) is 14.4 Å². The van der Waals surface area contributed by atoms with Gasteiger partial charge in [0.15, 0.2) is 0 Å². The van der Waals surface area contributed by atoms with Crippen molar-refractivity contribution in [1.29, 1.82) is 0 Å². The Kier molecular flexibility index (Phi) is 4.87. The van der Waals surface area contributed by atoms with Crippen molar-refractivity contribution in [2.24, 2.45) is 5.92 Å². The van der Waals surface area contributed by atoms with Gasteiger partial charge in [0.2, 0.25) is 11.8 Å². The quantitative estimate of drug-likeness (QED) is 0.742. The molecule has 1 saturated carbocycles. The first kappa shape index (κ1) is 16.3. The molecule has 0 spiro atoms. The molecule has 2 atom stereocenters. The predicted octanol–water partition coefficient (Wildman–Crippen LogP) is 1.84. The Balaban J connectivity index is 1.49. The number of rotatable bonds is 4. The molecule has 2 saturated heterocycles. The van der Waals surface area contributed by atoms with Crippen molar-refractivity contribution in [2.45, 2.75) is 57.4 Å². The van der Waals surface area contributed by atoms with E-state index in [1.54, 1.807) is 7.05 Å². The fraction of sp³-hybridized carbons (Fsp3) is 0.824. The van der Waals surface area contributed by atoms with Gasteiger partial charge in [0.1, 0.15) is 6.54 Å². The van der Waals surface area contributed by atoms with E-state index in [1.807, 2.05) is 0 Å². The molecule has 0 N–H and O–H groups in total. The molecule has 4 amide bonds. The second kappa shape index (κ2) is 6.89. The van der Waals surface area contributed by atoms with Crippen LogP contribution in [0, 0.1) is 5.92 Å². The number of urea groups is 1. The molecule has 0 bridgehead atoms. The van der Waals surface area contributed by atoms with E-state index in [-0.39, 0.29) is 24.4 Å². The highest BCUT2D eigenvalue weighted by atomic mass is 16.2. The lowest BCUT2D eigenvalue weighted by Gasteiger charge is -2.44. The lowest BCUT2D eigenvalue weighted by atomic mass is 9.78. The minimum atomic E-state index is -0.243. The summed E-state index contributed by atoms with van der Waals surface area (Å²) in [6.07, 6.45) is 8.31. The van der Waals surface area contributed by atoms with Crippen molar-refractivity contribution >= 4 is 17.8 Å². The zero-order valence-corrected chi connectivity index (χ0v) is 14.0. The van der Waals surface area contributed by atoms with E-state index in [4.69, 9.17) is 0 Å². The number of hydrogen-bond donors (Lipinski definition) is 0. The van der Waals surface area contributed by atoms with Gasteiger partial charge in [0, 0.05) is 32.6 Å². The van der Waals surface area contributed by atoms with E-state index in [0.29, 0.717) is 31.3 Å². The van der Waals surface area contributed by atoms with Crippen LogP contribution in [0.4, 0.5) is 4.79 Å². The van der Waals surface area contributed by atoms with Crippen LogP contribution in [0.25, 0.3) is 0 Å². The molecule has 128 valence electrons. The molecule has 3 rings (SSSR count). The normalized spacial score (nSPS) is 28.3. The zero-order chi connectivity index (χ0) is 16.4. The van der Waals surface area contributed by atoms with Crippen LogP contribution < -0.4 is 0 Å². The third-order valence-corrected chi connectivity index (χ3v) is 5.57. The van der Waals surface area contributed by atoms with E-state index < -0.39 is 0 Å². The van der Waals surface area contributed by atoms with Crippen molar-refractivity contribution in [3.05, 3.63) is 0 Å². The molecule has 6 nitrogen and oxygen atoms in total. The number of hydrogen-bond acceptors (Lipinski definition) is 3. The first-order chi connectivity index (χ1) is 11.1. The van der Waals surface area contributed by atoms with Gasteiger partial charge in [-0.25, -0.2) is 4.79 Å². The molecule has 3 fully saturated rings. The Bertz CT molecular complexity index is 491. The van der Waals surface area contributed by atoms with Crippen LogP contribution in [0.5, 0.6) is 0 Å². The Labute approximate surface area is 137 Å². The summed E-state index contributed by atoms with van der Waals surface area (Å²) in [5.74, 6) is 0.737. The molecule has 2 heterocycles. The molecule has 0 aromatic heterocycles. The maximum atomic E-state index is 12.6. The molecular weight excluding hydrogens is 294 g/mol. The first-order valence-electron chi connectivity index (χ1n) is 8.93. The standard InChI is InChI=1S/C17H27N3O3/c1-18-12-16(22)20(17(18)23)11-5-9-15(21)19-10-4-7-13-6-2-3-8-14(13)19/h13-14H,2-12H2,1H3. The minimum absolute atomic E-state index is 0.155. The second-order valence-corrected chi connectivity index (χ2v) is 7.13. The largest absolute Gasteiger partial charge is 0.339 e. The van der Waals surface area contributed by atoms with Crippen LogP contribution in [-0.2, 0) is 9.59 Å². The van der Waals surface area contributed by atoms with Crippen LogP contribution >= 0.6 is 0 Å². The number of amides is 4. The summed E-state index contributed by atoms with van der Waals surface area (Å²) in [5, 5.41) is 0. The Morgan fingerprint density at radius 2 is 1.87 bits per heavy atom. The molecule has 3 aliphatic rings. The van der Waals surface area contributed by atoms with E-state index >= 15 is 0 Å². The predicted molar refractivity (Wildman–Crippen MR) is 85.7 cm³/mol. The second-order valence-electron chi connectivity index (χ2n) is 7.13. The Hall–Kier alpha value is -1.59. The maximum Gasteiger partial charge on any atom is 0.326 e. The van der Waals surface area contributed by atoms with Gasteiger partial charge in [-0.2, -0.15) is 0 Å². The van der Waals surface area contributed by atoms with Crippen molar-refractivity contribution in [1.82, 2.24) is 14.7 Å². The van der Waals surface area contributed by atoms with Crippen LogP contribution in [0.15, 0.2) is 0 Å². The fourth-order valence-electron chi connectivity index (χ4n) is 4.36. The average molecular weight is 321 g/mol. The molecule has 0 aromatic carbocycles. The third kappa shape index (κ3) is 3.35. The molecule has 2 aliphatic heterocycles. The summed E-state index contributed by atoms with van der Waals surface area (Å²) in [6, 6.07) is 0.193. The number of fused-ring (bicyclic) bond motifs is 1. The Morgan fingerprint density at radius 3 is 2.61 bits per heavy atom. The van der Waals surface area contributed by atoms with Crippen LogP contribution in [-0.4, -0.2) is 65.3 Å². The van der Waals surface area contributed by atoms with Gasteiger partial charge in [0.25, 0.3) is 0 Å². The lowest BCUT2D eigenvalue weighted by molar-refractivity contribution is -0.138. The number of likely N-dealkylation sites (tertiary alicyclic amines) is 1. The van der Waals surface area contributed by atoms with E-state index in [1.165, 1.54) is 35.5 Å². The number of carbonyl (C=O) groups excluding carboxylic acids is 3. The van der Waals surface area contributed by atoms with Gasteiger partial charge < -0.3 is 9.80 Å². The van der Waals surface area contributed by atoms with Gasteiger partial charge in [-0.1, -0.05) is 12.8 Å². The summed E-state index contributed by atoms with van der Waals surface area (Å²) in [7, 11) is 1.63. The average Bonchev–Trinajstić information content (AvgIpc) is 2.80. The molecule has 2 unspecified atom stereocenters. The van der Waals surface area contributed by atoms with Gasteiger partial charge >= 0.3 is 6.03 Å². The summed E-state index contributed by atoms with van der Waals surface area (Å²) >= 11 is 0. The molecule has 23 heavy (non-hydrogen) atoms. The van der Waals surface area contributed by atoms with Gasteiger partial charge in [0.05, 0.1) is 0 Å². The number of imide groups is 1. The van der Waals surface area contributed by atoms with Gasteiger partial charge in [-0.3, -0.25) is 14.5 Å². The molecule has 1 aliphatic carbocycles. The van der Waals surface area contributed by atoms with Crippen LogP contribution in [0.3, 0.4) is 0 Å². The third-order valence-electron chi connectivity index (χ3n) is 5.57. The van der Waals surface area contributed by atoms with E-state index in [2.05, 4.69) is 4.90 Å². The Morgan fingerprint density at radius 1 is 1.13 bits per heavy atom.